The number of aliphatic hydroxyl groups is 1. The Morgan fingerprint density at radius 2 is 1.86 bits per heavy atom. The molecule has 0 spiro atoms. The van der Waals surface area contributed by atoms with E-state index in [1.165, 1.54) is 31.3 Å². The number of aliphatic hydroxyl groups excluding tert-OH is 1. The van der Waals surface area contributed by atoms with Crippen molar-refractivity contribution >= 4 is 48.5 Å². The molecule has 1 aromatic heterocycles. The van der Waals surface area contributed by atoms with Crippen LogP contribution in [0, 0.1) is 5.82 Å². The van der Waals surface area contributed by atoms with Crippen molar-refractivity contribution in [2.75, 3.05) is 11.8 Å². The Morgan fingerprint density at radius 1 is 1.14 bits per heavy atom. The van der Waals surface area contributed by atoms with Gasteiger partial charge in [-0.15, -0.1) is 0 Å². The Bertz CT molecular complexity index is 1610. The standard InChI is InChI=1S/C27H24BrFN2O5S/c1-30-27(33)25-21-11-20(16-3-4-16)23(12-24(21)36-26(25)17-5-7-19(29)8-6-17)31-37(34,35)14-15-2-9-22(28)18(10-15)13-32/h2,5-12,16,31-32H,3-4,13-14H2,1H3,(H,30,33). The topological polar surface area (TPSA) is 109 Å². The van der Waals surface area contributed by atoms with Gasteiger partial charge in [0.1, 0.15) is 17.2 Å². The molecule has 1 aliphatic rings. The first-order chi connectivity index (χ1) is 17.7. The molecule has 0 bridgehead atoms. The molecule has 37 heavy (non-hydrogen) atoms. The molecule has 1 fully saturated rings. The molecule has 5 rings (SSSR count). The smallest absolute Gasteiger partial charge is 0.255 e. The molecule has 1 amide bonds. The lowest BCUT2D eigenvalue weighted by atomic mass is 10.0. The number of anilines is 1. The van der Waals surface area contributed by atoms with Crippen LogP contribution in [0.1, 0.15) is 45.8 Å². The molecule has 0 atom stereocenters. The van der Waals surface area contributed by atoms with E-state index in [2.05, 4.69) is 26.0 Å². The van der Waals surface area contributed by atoms with E-state index in [0.29, 0.717) is 43.4 Å². The van der Waals surface area contributed by atoms with Gasteiger partial charge >= 0.3 is 0 Å². The van der Waals surface area contributed by atoms with Crippen LogP contribution in [0.3, 0.4) is 0 Å². The average Bonchev–Trinajstić information content (AvgIpc) is 3.65. The van der Waals surface area contributed by atoms with Crippen molar-refractivity contribution in [3.8, 4) is 11.3 Å². The summed E-state index contributed by atoms with van der Waals surface area (Å²) >= 11 is 3.34. The van der Waals surface area contributed by atoms with Crippen LogP contribution in [-0.4, -0.2) is 26.5 Å². The van der Waals surface area contributed by atoms with Crippen LogP contribution in [0.15, 0.2) is 63.5 Å². The highest BCUT2D eigenvalue weighted by Crippen LogP contribution is 2.47. The van der Waals surface area contributed by atoms with Gasteiger partial charge in [0, 0.05) is 28.5 Å². The predicted octanol–water partition coefficient (Wildman–Crippen LogP) is 5.67. The number of hydrogen-bond donors (Lipinski definition) is 3. The van der Waals surface area contributed by atoms with Gasteiger partial charge in [0.15, 0.2) is 0 Å². The molecule has 0 aliphatic heterocycles. The third-order valence-electron chi connectivity index (χ3n) is 6.34. The highest BCUT2D eigenvalue weighted by atomic mass is 79.9. The van der Waals surface area contributed by atoms with Gasteiger partial charge in [-0.05, 0) is 71.8 Å². The molecule has 1 aliphatic carbocycles. The quantitative estimate of drug-likeness (QED) is 0.246. The molecule has 10 heteroatoms. The number of carbonyl (C=O) groups is 1. The zero-order chi connectivity index (χ0) is 26.3. The zero-order valence-corrected chi connectivity index (χ0v) is 22.2. The molecule has 1 heterocycles. The Balaban J connectivity index is 1.57. The van der Waals surface area contributed by atoms with E-state index >= 15 is 0 Å². The second kappa shape index (κ2) is 9.92. The van der Waals surface area contributed by atoms with Crippen LogP contribution < -0.4 is 10.0 Å². The van der Waals surface area contributed by atoms with Gasteiger partial charge in [-0.3, -0.25) is 9.52 Å². The maximum absolute atomic E-state index is 13.5. The molecule has 0 unspecified atom stereocenters. The molecule has 3 N–H and O–H groups in total. The maximum atomic E-state index is 13.5. The molecule has 3 aromatic carbocycles. The second-order valence-electron chi connectivity index (χ2n) is 9.05. The number of sulfonamides is 1. The van der Waals surface area contributed by atoms with E-state index in [9.17, 15) is 22.7 Å². The summed E-state index contributed by atoms with van der Waals surface area (Å²) in [6.45, 7) is -0.215. The molecule has 0 radical (unpaired) electrons. The Labute approximate surface area is 221 Å². The molecule has 4 aromatic rings. The first-order valence-corrected chi connectivity index (χ1v) is 14.1. The van der Waals surface area contributed by atoms with Crippen molar-refractivity contribution in [1.29, 1.82) is 0 Å². The monoisotopic (exact) mass is 586 g/mol. The van der Waals surface area contributed by atoms with E-state index in [-0.39, 0.29) is 29.9 Å². The normalized spacial score (nSPS) is 13.6. The van der Waals surface area contributed by atoms with Gasteiger partial charge in [-0.1, -0.05) is 28.1 Å². The van der Waals surface area contributed by atoms with Crippen molar-refractivity contribution in [2.45, 2.75) is 31.1 Å². The molecule has 7 nitrogen and oxygen atoms in total. The van der Waals surface area contributed by atoms with E-state index in [1.807, 2.05) is 6.07 Å². The summed E-state index contributed by atoms with van der Waals surface area (Å²) in [5.74, 6) is -0.605. The largest absolute Gasteiger partial charge is 0.455 e. The fourth-order valence-corrected chi connectivity index (χ4v) is 5.97. The third kappa shape index (κ3) is 5.27. The molecular weight excluding hydrogens is 563 g/mol. The van der Waals surface area contributed by atoms with E-state index < -0.39 is 15.8 Å². The van der Waals surface area contributed by atoms with Crippen LogP contribution in [0.25, 0.3) is 22.3 Å². The van der Waals surface area contributed by atoms with Crippen molar-refractivity contribution in [3.63, 3.8) is 0 Å². The van der Waals surface area contributed by atoms with Gasteiger partial charge in [0.05, 0.1) is 23.6 Å². The number of carbonyl (C=O) groups excluding carboxylic acids is 1. The lowest BCUT2D eigenvalue weighted by molar-refractivity contribution is 0.0964. The number of fused-ring (bicyclic) bond motifs is 1. The van der Waals surface area contributed by atoms with Crippen LogP contribution in [0.4, 0.5) is 10.1 Å². The van der Waals surface area contributed by atoms with Crippen molar-refractivity contribution in [1.82, 2.24) is 5.32 Å². The Hall–Kier alpha value is -3.21. The molecular formula is C27H24BrFN2O5S. The molecule has 192 valence electrons. The minimum Gasteiger partial charge on any atom is -0.455 e. The zero-order valence-electron chi connectivity index (χ0n) is 19.8. The number of rotatable bonds is 8. The van der Waals surface area contributed by atoms with Crippen LogP contribution in [0.2, 0.25) is 0 Å². The maximum Gasteiger partial charge on any atom is 0.255 e. The number of furan rings is 1. The number of nitrogens with one attached hydrogen (secondary N) is 2. The number of benzene rings is 3. The number of halogens is 2. The summed E-state index contributed by atoms with van der Waals surface area (Å²) < 4.78 is 49.3. The number of amides is 1. The summed E-state index contributed by atoms with van der Waals surface area (Å²) in [5, 5.41) is 12.7. The fraction of sp³-hybridized carbons (Fsp3) is 0.222. The average molecular weight is 587 g/mol. The van der Waals surface area contributed by atoms with Crippen LogP contribution in [-0.2, 0) is 22.4 Å². The van der Waals surface area contributed by atoms with Crippen molar-refractivity contribution < 1.29 is 27.1 Å². The lowest BCUT2D eigenvalue weighted by Gasteiger charge is -2.13. The van der Waals surface area contributed by atoms with E-state index in [0.717, 1.165) is 18.4 Å². The SMILES string of the molecule is CNC(=O)c1c(-c2ccc(F)cc2)oc2cc(NS(=O)(=O)Cc3ccc(Br)c(CO)c3)c(C3CC3)cc12. The van der Waals surface area contributed by atoms with E-state index in [4.69, 9.17) is 4.42 Å². The van der Waals surface area contributed by atoms with Gasteiger partial charge < -0.3 is 14.8 Å². The summed E-state index contributed by atoms with van der Waals surface area (Å²) in [7, 11) is -2.30. The molecule has 1 saturated carbocycles. The Morgan fingerprint density at radius 3 is 2.51 bits per heavy atom. The lowest BCUT2D eigenvalue weighted by Crippen LogP contribution is -2.18. The summed E-state index contributed by atoms with van der Waals surface area (Å²) in [5.41, 5.74) is 3.50. The van der Waals surface area contributed by atoms with Gasteiger partial charge in [-0.2, -0.15) is 0 Å². The van der Waals surface area contributed by atoms with Crippen LogP contribution >= 0.6 is 15.9 Å². The summed E-state index contributed by atoms with van der Waals surface area (Å²) in [6.07, 6.45) is 1.82. The van der Waals surface area contributed by atoms with Gasteiger partial charge in [-0.25, -0.2) is 12.8 Å². The summed E-state index contributed by atoms with van der Waals surface area (Å²) in [4.78, 5) is 12.9. The van der Waals surface area contributed by atoms with Crippen molar-refractivity contribution in [3.05, 3.63) is 87.1 Å². The minimum absolute atomic E-state index is 0.164. The second-order valence-corrected chi connectivity index (χ2v) is 11.6. The van der Waals surface area contributed by atoms with Gasteiger partial charge in [0.25, 0.3) is 5.91 Å². The fourth-order valence-electron chi connectivity index (χ4n) is 4.40. The highest BCUT2D eigenvalue weighted by molar-refractivity contribution is 9.10. The van der Waals surface area contributed by atoms with Crippen molar-refractivity contribution in [2.24, 2.45) is 0 Å². The first kappa shape index (κ1) is 25.4. The van der Waals surface area contributed by atoms with E-state index in [1.54, 1.807) is 24.3 Å². The van der Waals surface area contributed by atoms with Crippen LogP contribution in [0.5, 0.6) is 0 Å². The first-order valence-electron chi connectivity index (χ1n) is 11.7. The predicted molar refractivity (Wildman–Crippen MR) is 143 cm³/mol. The highest BCUT2D eigenvalue weighted by Gasteiger charge is 2.31. The summed E-state index contributed by atoms with van der Waals surface area (Å²) in [6, 6.07) is 14.1. The van der Waals surface area contributed by atoms with Gasteiger partial charge in [0.2, 0.25) is 10.0 Å². The molecule has 0 saturated heterocycles. The minimum atomic E-state index is -3.81. The number of hydrogen-bond acceptors (Lipinski definition) is 5. The third-order valence-corrected chi connectivity index (χ3v) is 8.36. The Kier molecular flexibility index (Phi) is 6.82.